The van der Waals surface area contributed by atoms with Gasteiger partial charge in [-0.25, -0.2) is 0 Å². The van der Waals surface area contributed by atoms with Gasteiger partial charge in [-0.1, -0.05) is 6.07 Å². The van der Waals surface area contributed by atoms with Crippen molar-refractivity contribution in [3.8, 4) is 11.5 Å². The predicted molar refractivity (Wildman–Crippen MR) is 64.6 cm³/mol. The summed E-state index contributed by atoms with van der Waals surface area (Å²) in [5.41, 5.74) is 0.141. The fourth-order valence-corrected chi connectivity index (χ4v) is 1.21. The van der Waals surface area contributed by atoms with E-state index in [1.807, 2.05) is 19.1 Å². The Labute approximate surface area is 101 Å². The second-order valence-electron chi connectivity index (χ2n) is 4.63. The zero-order valence-electron chi connectivity index (χ0n) is 10.6. The summed E-state index contributed by atoms with van der Waals surface area (Å²) in [6.45, 7) is 5.29. The minimum Gasteiger partial charge on any atom is -0.493 e. The quantitative estimate of drug-likeness (QED) is 0.856. The summed E-state index contributed by atoms with van der Waals surface area (Å²) in [6.07, 6.45) is 0. The van der Waals surface area contributed by atoms with Crippen LogP contribution >= 0.6 is 0 Å². The highest BCUT2D eigenvalue weighted by molar-refractivity contribution is 5.73. The smallest absolute Gasteiger partial charge is 0.312 e. The maximum absolute atomic E-state index is 10.9. The topological polar surface area (TPSA) is 55.8 Å². The molecule has 0 aliphatic heterocycles. The standard InChI is InChI=1S/C13H18O4/c1-9-5-6-10(11(7-9)16-4)17-8-13(2,3)12(14)15/h5-7H,8H2,1-4H3,(H,14,15). The molecule has 1 rings (SSSR count). The molecule has 0 spiro atoms. The van der Waals surface area contributed by atoms with Gasteiger partial charge in [0.15, 0.2) is 11.5 Å². The summed E-state index contributed by atoms with van der Waals surface area (Å²) in [4.78, 5) is 10.9. The molecule has 0 saturated heterocycles. The predicted octanol–water partition coefficient (Wildman–Crippen LogP) is 2.49. The van der Waals surface area contributed by atoms with Crippen LogP contribution in [0.15, 0.2) is 18.2 Å². The Morgan fingerprint density at radius 1 is 1.35 bits per heavy atom. The van der Waals surface area contributed by atoms with E-state index in [-0.39, 0.29) is 6.61 Å². The number of methoxy groups -OCH3 is 1. The van der Waals surface area contributed by atoms with E-state index in [1.54, 1.807) is 27.0 Å². The number of ether oxygens (including phenoxy) is 2. The van der Waals surface area contributed by atoms with Crippen molar-refractivity contribution in [1.82, 2.24) is 0 Å². The summed E-state index contributed by atoms with van der Waals surface area (Å²) in [7, 11) is 1.56. The molecule has 0 atom stereocenters. The van der Waals surface area contributed by atoms with E-state index < -0.39 is 11.4 Å². The number of rotatable bonds is 5. The molecule has 0 unspecified atom stereocenters. The molecule has 0 heterocycles. The summed E-state index contributed by atoms with van der Waals surface area (Å²) in [6, 6.07) is 5.53. The highest BCUT2D eigenvalue weighted by Gasteiger charge is 2.28. The molecule has 17 heavy (non-hydrogen) atoms. The zero-order valence-corrected chi connectivity index (χ0v) is 10.6. The molecule has 0 aliphatic carbocycles. The van der Waals surface area contributed by atoms with Crippen molar-refractivity contribution < 1.29 is 19.4 Å². The second kappa shape index (κ2) is 5.08. The number of carboxylic acid groups (broad SMARTS) is 1. The molecule has 0 fully saturated rings. The fourth-order valence-electron chi connectivity index (χ4n) is 1.21. The molecule has 94 valence electrons. The third-order valence-corrected chi connectivity index (χ3v) is 2.49. The summed E-state index contributed by atoms with van der Waals surface area (Å²) < 4.78 is 10.7. The Bertz CT molecular complexity index is 410. The van der Waals surface area contributed by atoms with E-state index in [9.17, 15) is 4.79 Å². The molecular weight excluding hydrogens is 220 g/mol. The first-order chi connectivity index (χ1) is 7.86. The van der Waals surface area contributed by atoms with Gasteiger partial charge in [0.1, 0.15) is 6.61 Å². The number of hydrogen-bond donors (Lipinski definition) is 1. The van der Waals surface area contributed by atoms with Gasteiger partial charge in [0.25, 0.3) is 0 Å². The van der Waals surface area contributed by atoms with Gasteiger partial charge in [-0.15, -0.1) is 0 Å². The van der Waals surface area contributed by atoms with Crippen LogP contribution in [0, 0.1) is 12.3 Å². The van der Waals surface area contributed by atoms with Crippen molar-refractivity contribution in [3.63, 3.8) is 0 Å². The molecule has 1 aromatic carbocycles. The van der Waals surface area contributed by atoms with Crippen molar-refractivity contribution >= 4 is 5.97 Å². The maximum atomic E-state index is 10.9. The number of hydrogen-bond acceptors (Lipinski definition) is 3. The summed E-state index contributed by atoms with van der Waals surface area (Å²) in [5, 5.41) is 8.98. The minimum atomic E-state index is -0.921. The van der Waals surface area contributed by atoms with Gasteiger partial charge in [0.05, 0.1) is 12.5 Å². The van der Waals surface area contributed by atoms with Gasteiger partial charge in [0, 0.05) is 0 Å². The average molecular weight is 238 g/mol. The molecule has 4 nitrogen and oxygen atoms in total. The van der Waals surface area contributed by atoms with Crippen LogP contribution in [0.5, 0.6) is 11.5 Å². The average Bonchev–Trinajstić information content (AvgIpc) is 2.27. The highest BCUT2D eigenvalue weighted by atomic mass is 16.5. The SMILES string of the molecule is COc1cc(C)ccc1OCC(C)(C)C(=O)O. The minimum absolute atomic E-state index is 0.0990. The molecule has 0 aromatic heterocycles. The van der Waals surface area contributed by atoms with Crippen LogP contribution < -0.4 is 9.47 Å². The number of benzene rings is 1. The van der Waals surface area contributed by atoms with Gasteiger partial charge in [-0.05, 0) is 38.5 Å². The first-order valence-corrected chi connectivity index (χ1v) is 5.37. The molecule has 0 bridgehead atoms. The maximum Gasteiger partial charge on any atom is 0.312 e. The lowest BCUT2D eigenvalue weighted by Gasteiger charge is -2.20. The summed E-state index contributed by atoms with van der Waals surface area (Å²) in [5.74, 6) is 0.294. The van der Waals surface area contributed by atoms with Gasteiger partial charge in [0.2, 0.25) is 0 Å². The van der Waals surface area contributed by atoms with Crippen LogP contribution in [-0.2, 0) is 4.79 Å². The van der Waals surface area contributed by atoms with Crippen molar-refractivity contribution in [2.75, 3.05) is 13.7 Å². The third kappa shape index (κ3) is 3.37. The molecule has 0 radical (unpaired) electrons. The lowest BCUT2D eigenvalue weighted by molar-refractivity contribution is -0.148. The molecule has 0 amide bonds. The Balaban J connectivity index is 2.79. The van der Waals surface area contributed by atoms with E-state index in [0.29, 0.717) is 11.5 Å². The van der Waals surface area contributed by atoms with E-state index in [4.69, 9.17) is 14.6 Å². The molecule has 4 heteroatoms. The largest absolute Gasteiger partial charge is 0.493 e. The highest BCUT2D eigenvalue weighted by Crippen LogP contribution is 2.29. The van der Waals surface area contributed by atoms with Gasteiger partial charge >= 0.3 is 5.97 Å². The number of carboxylic acids is 1. The van der Waals surface area contributed by atoms with Crippen molar-refractivity contribution in [2.45, 2.75) is 20.8 Å². The Morgan fingerprint density at radius 2 is 2.00 bits per heavy atom. The van der Waals surface area contributed by atoms with E-state index in [1.165, 1.54) is 0 Å². The second-order valence-corrected chi connectivity index (χ2v) is 4.63. The lowest BCUT2D eigenvalue weighted by Crippen LogP contribution is -2.30. The van der Waals surface area contributed by atoms with Crippen LogP contribution in [0.3, 0.4) is 0 Å². The van der Waals surface area contributed by atoms with Gasteiger partial charge in [-0.2, -0.15) is 0 Å². The lowest BCUT2D eigenvalue weighted by atomic mass is 9.95. The van der Waals surface area contributed by atoms with Crippen LogP contribution in [0.1, 0.15) is 19.4 Å². The van der Waals surface area contributed by atoms with Crippen LogP contribution in [0.4, 0.5) is 0 Å². The fraction of sp³-hybridized carbons (Fsp3) is 0.462. The van der Waals surface area contributed by atoms with E-state index in [2.05, 4.69) is 0 Å². The third-order valence-electron chi connectivity index (χ3n) is 2.49. The van der Waals surface area contributed by atoms with Gasteiger partial charge < -0.3 is 14.6 Å². The van der Waals surface area contributed by atoms with Crippen LogP contribution in [0.2, 0.25) is 0 Å². The van der Waals surface area contributed by atoms with E-state index >= 15 is 0 Å². The van der Waals surface area contributed by atoms with Gasteiger partial charge in [-0.3, -0.25) is 4.79 Å². The first kappa shape index (κ1) is 13.4. The molecule has 1 aromatic rings. The van der Waals surface area contributed by atoms with Crippen molar-refractivity contribution in [3.05, 3.63) is 23.8 Å². The van der Waals surface area contributed by atoms with Crippen LogP contribution in [-0.4, -0.2) is 24.8 Å². The molecule has 0 saturated carbocycles. The number of aliphatic carboxylic acids is 1. The Kier molecular flexibility index (Phi) is 3.99. The molecule has 0 aliphatic rings. The normalized spacial score (nSPS) is 11.1. The number of aryl methyl sites for hydroxylation is 1. The molecule has 1 N–H and O–H groups in total. The van der Waals surface area contributed by atoms with Crippen molar-refractivity contribution in [1.29, 1.82) is 0 Å². The Morgan fingerprint density at radius 3 is 2.53 bits per heavy atom. The number of carbonyl (C=O) groups is 1. The Hall–Kier alpha value is -1.71. The van der Waals surface area contributed by atoms with E-state index in [0.717, 1.165) is 5.56 Å². The monoisotopic (exact) mass is 238 g/mol. The van der Waals surface area contributed by atoms with Crippen LogP contribution in [0.25, 0.3) is 0 Å². The van der Waals surface area contributed by atoms with Crippen molar-refractivity contribution in [2.24, 2.45) is 5.41 Å². The first-order valence-electron chi connectivity index (χ1n) is 5.37. The molecular formula is C13H18O4. The summed E-state index contributed by atoms with van der Waals surface area (Å²) >= 11 is 0. The zero-order chi connectivity index (χ0) is 13.1.